The van der Waals surface area contributed by atoms with E-state index in [1.165, 1.54) is 36.0 Å². The average Bonchev–Trinajstić information content (AvgIpc) is 3.37. The molecule has 0 bridgehead atoms. The van der Waals surface area contributed by atoms with Crippen LogP contribution in [0.2, 0.25) is 0 Å². The second-order valence-corrected chi connectivity index (χ2v) is 7.98. The summed E-state index contributed by atoms with van der Waals surface area (Å²) in [6, 6.07) is 11.1. The number of ether oxygens (including phenoxy) is 1. The van der Waals surface area contributed by atoms with Gasteiger partial charge in [-0.2, -0.15) is 13.2 Å². The number of hydrogen-bond acceptors (Lipinski definition) is 4. The Bertz CT molecular complexity index is 981. The molecule has 0 N–H and O–H groups in total. The fourth-order valence-electron chi connectivity index (χ4n) is 3.30. The Morgan fingerprint density at radius 3 is 2.40 bits per heavy atom. The van der Waals surface area contributed by atoms with Crippen molar-refractivity contribution in [1.29, 1.82) is 0 Å². The van der Waals surface area contributed by atoms with Crippen molar-refractivity contribution in [1.82, 2.24) is 14.8 Å². The molecule has 4 nitrogen and oxygen atoms in total. The highest BCUT2D eigenvalue weighted by atomic mass is 32.2. The molecule has 0 saturated carbocycles. The van der Waals surface area contributed by atoms with Crippen LogP contribution in [-0.4, -0.2) is 27.5 Å². The van der Waals surface area contributed by atoms with Gasteiger partial charge in [0.15, 0.2) is 11.0 Å². The molecule has 2 aromatic carbocycles. The van der Waals surface area contributed by atoms with Gasteiger partial charge in [-0.25, -0.2) is 4.39 Å². The molecule has 0 amide bonds. The molecule has 1 aliphatic heterocycles. The number of hydrogen-bond donors (Lipinski definition) is 0. The van der Waals surface area contributed by atoms with Crippen molar-refractivity contribution < 1.29 is 22.3 Å². The molecular weight excluding hydrogens is 418 g/mol. The van der Waals surface area contributed by atoms with E-state index >= 15 is 0 Å². The second kappa shape index (κ2) is 8.77. The highest BCUT2D eigenvalue weighted by Crippen LogP contribution is 2.31. The second-order valence-electron chi connectivity index (χ2n) is 7.04. The van der Waals surface area contributed by atoms with Gasteiger partial charge in [-0.3, -0.25) is 4.57 Å². The van der Waals surface area contributed by atoms with E-state index in [0.717, 1.165) is 36.1 Å². The van der Waals surface area contributed by atoms with Gasteiger partial charge < -0.3 is 4.74 Å². The number of benzene rings is 2. The van der Waals surface area contributed by atoms with Crippen LogP contribution in [0.1, 0.15) is 24.0 Å². The summed E-state index contributed by atoms with van der Waals surface area (Å²) < 4.78 is 59.2. The molecule has 2 heterocycles. The number of alkyl halides is 3. The molecule has 0 aliphatic carbocycles. The van der Waals surface area contributed by atoms with Crippen LogP contribution in [0.25, 0.3) is 11.4 Å². The van der Waals surface area contributed by atoms with Crippen molar-refractivity contribution in [3.8, 4) is 11.4 Å². The third-order valence-electron chi connectivity index (χ3n) is 4.88. The lowest BCUT2D eigenvalue weighted by molar-refractivity contribution is -0.137. The molecule has 1 atom stereocenters. The summed E-state index contributed by atoms with van der Waals surface area (Å²) in [6.07, 6.45) is -2.38. The molecule has 158 valence electrons. The molecule has 0 radical (unpaired) electrons. The van der Waals surface area contributed by atoms with Gasteiger partial charge in [0.2, 0.25) is 0 Å². The topological polar surface area (TPSA) is 39.9 Å². The normalized spacial score (nSPS) is 16.9. The van der Waals surface area contributed by atoms with Gasteiger partial charge in [0.25, 0.3) is 0 Å². The number of thioether (sulfide) groups is 1. The first-order valence-electron chi connectivity index (χ1n) is 9.50. The van der Waals surface area contributed by atoms with E-state index in [1.807, 2.05) is 4.57 Å². The molecular formula is C21H19F4N3OS. The minimum absolute atomic E-state index is 0.0469. The summed E-state index contributed by atoms with van der Waals surface area (Å²) in [7, 11) is 0. The minimum atomic E-state index is -4.35. The van der Waals surface area contributed by atoms with E-state index in [1.54, 1.807) is 12.1 Å². The first-order chi connectivity index (χ1) is 14.4. The molecule has 3 aromatic rings. The van der Waals surface area contributed by atoms with Crippen molar-refractivity contribution in [3.63, 3.8) is 0 Å². The molecule has 1 unspecified atom stereocenters. The van der Waals surface area contributed by atoms with Crippen molar-refractivity contribution in [3.05, 3.63) is 65.5 Å². The summed E-state index contributed by atoms with van der Waals surface area (Å²) in [4.78, 5) is 0. The fraction of sp³-hybridized carbons (Fsp3) is 0.333. The third kappa shape index (κ3) is 4.84. The molecule has 1 aromatic heterocycles. The van der Waals surface area contributed by atoms with Crippen LogP contribution >= 0.6 is 11.8 Å². The van der Waals surface area contributed by atoms with E-state index < -0.39 is 11.7 Å². The first kappa shape index (κ1) is 20.9. The maximum atomic E-state index is 13.3. The highest BCUT2D eigenvalue weighted by molar-refractivity contribution is 7.98. The fourth-order valence-corrected chi connectivity index (χ4v) is 4.21. The number of halogens is 4. The highest BCUT2D eigenvalue weighted by Gasteiger charge is 2.30. The Morgan fingerprint density at radius 2 is 1.77 bits per heavy atom. The standard InChI is InChI=1S/C21H19F4N3OS/c22-17-9-5-15(6-10-17)19-26-27-20(28(19)12-18-2-1-11-29-18)30-13-14-3-7-16(8-4-14)21(23,24)25/h3-10,18H,1-2,11-13H2. The zero-order valence-electron chi connectivity index (χ0n) is 15.9. The Labute approximate surface area is 175 Å². The smallest absolute Gasteiger partial charge is 0.376 e. The predicted octanol–water partition coefficient (Wildman–Crippen LogP) is 5.57. The van der Waals surface area contributed by atoms with E-state index in [2.05, 4.69) is 10.2 Å². The van der Waals surface area contributed by atoms with Crippen molar-refractivity contribution in [2.24, 2.45) is 0 Å². The van der Waals surface area contributed by atoms with Crippen molar-refractivity contribution >= 4 is 11.8 Å². The molecule has 0 spiro atoms. The monoisotopic (exact) mass is 437 g/mol. The number of aromatic nitrogens is 3. The zero-order valence-corrected chi connectivity index (χ0v) is 16.7. The number of nitrogens with zero attached hydrogens (tertiary/aromatic N) is 3. The SMILES string of the molecule is Fc1ccc(-c2nnc(SCc3ccc(C(F)(F)F)cc3)n2CC2CCCO2)cc1. The van der Waals surface area contributed by atoms with Crippen LogP contribution in [-0.2, 0) is 23.2 Å². The Hall–Kier alpha value is -2.39. The predicted molar refractivity (Wildman–Crippen MR) is 105 cm³/mol. The lowest BCUT2D eigenvalue weighted by atomic mass is 10.1. The van der Waals surface area contributed by atoms with Gasteiger partial charge in [-0.15, -0.1) is 10.2 Å². The van der Waals surface area contributed by atoms with E-state index in [4.69, 9.17) is 4.74 Å². The van der Waals surface area contributed by atoms with Gasteiger partial charge in [0.05, 0.1) is 18.2 Å². The summed E-state index contributed by atoms with van der Waals surface area (Å²) in [5.74, 6) is 0.729. The molecule has 1 fully saturated rings. The Balaban J connectivity index is 1.55. The van der Waals surface area contributed by atoms with Crippen LogP contribution in [0, 0.1) is 5.82 Å². The first-order valence-corrected chi connectivity index (χ1v) is 10.5. The average molecular weight is 437 g/mol. The van der Waals surface area contributed by atoms with E-state index in [9.17, 15) is 17.6 Å². The van der Waals surface area contributed by atoms with Gasteiger partial charge >= 0.3 is 6.18 Å². The van der Waals surface area contributed by atoms with Gasteiger partial charge in [0, 0.05) is 17.9 Å². The lowest BCUT2D eigenvalue weighted by Crippen LogP contribution is -2.16. The molecule has 30 heavy (non-hydrogen) atoms. The van der Waals surface area contributed by atoms with Crippen LogP contribution in [0.15, 0.2) is 53.7 Å². The maximum absolute atomic E-state index is 13.3. The summed E-state index contributed by atoms with van der Waals surface area (Å²) in [5, 5.41) is 9.20. The minimum Gasteiger partial charge on any atom is -0.376 e. The summed E-state index contributed by atoms with van der Waals surface area (Å²) >= 11 is 1.39. The van der Waals surface area contributed by atoms with E-state index in [-0.39, 0.29) is 11.9 Å². The Morgan fingerprint density at radius 1 is 1.03 bits per heavy atom. The maximum Gasteiger partial charge on any atom is 0.416 e. The zero-order chi connectivity index (χ0) is 21.1. The summed E-state index contributed by atoms with van der Waals surface area (Å²) in [5.41, 5.74) is 0.822. The molecule has 1 aliphatic rings. The Kier molecular flexibility index (Phi) is 6.10. The van der Waals surface area contributed by atoms with Gasteiger partial charge in [-0.05, 0) is 54.8 Å². The van der Waals surface area contributed by atoms with E-state index in [0.29, 0.717) is 29.9 Å². The van der Waals surface area contributed by atoms with Gasteiger partial charge in [-0.1, -0.05) is 23.9 Å². The lowest BCUT2D eigenvalue weighted by Gasteiger charge is -2.15. The quantitative estimate of drug-likeness (QED) is 0.373. The van der Waals surface area contributed by atoms with Crippen molar-refractivity contribution in [2.75, 3.05) is 6.61 Å². The molecule has 9 heteroatoms. The number of rotatable bonds is 6. The van der Waals surface area contributed by atoms with Crippen LogP contribution < -0.4 is 0 Å². The van der Waals surface area contributed by atoms with Crippen LogP contribution in [0.5, 0.6) is 0 Å². The van der Waals surface area contributed by atoms with Crippen LogP contribution in [0.3, 0.4) is 0 Å². The van der Waals surface area contributed by atoms with Gasteiger partial charge in [0.1, 0.15) is 5.82 Å². The third-order valence-corrected chi connectivity index (χ3v) is 5.92. The largest absolute Gasteiger partial charge is 0.416 e. The molecule has 4 rings (SSSR count). The summed E-state index contributed by atoms with van der Waals surface area (Å²) in [6.45, 7) is 1.28. The molecule has 1 saturated heterocycles. The van der Waals surface area contributed by atoms with Crippen LogP contribution in [0.4, 0.5) is 17.6 Å². The van der Waals surface area contributed by atoms with Crippen molar-refractivity contribution in [2.45, 2.75) is 42.6 Å².